The normalized spacial score (nSPS) is 14.1. The van der Waals surface area contributed by atoms with E-state index in [2.05, 4.69) is 233 Å². The quantitative estimate of drug-likeness (QED) is 0.120. The average Bonchev–Trinajstić information content (AvgIpc) is 3.69. The van der Waals surface area contributed by atoms with Crippen LogP contribution in [0.4, 0.5) is 0 Å². The van der Waals surface area contributed by atoms with Crippen molar-refractivity contribution in [3.8, 4) is 77.9 Å². The Hall–Kier alpha value is -7.06. The zero-order chi connectivity index (χ0) is 41.7. The molecule has 1 heteroatoms. The minimum absolute atomic E-state index is 0.0750. The highest BCUT2D eigenvalue weighted by Gasteiger charge is 2.38. The summed E-state index contributed by atoms with van der Waals surface area (Å²) in [7, 11) is -2.00. The van der Waals surface area contributed by atoms with E-state index in [-0.39, 0.29) is 5.41 Å². The number of fused-ring (bicyclic) bond motifs is 8. The van der Waals surface area contributed by atoms with Gasteiger partial charge in [-0.15, -0.1) is 0 Å². The Balaban J connectivity index is 1.15. The van der Waals surface area contributed by atoms with E-state index in [9.17, 15) is 0 Å². The number of rotatable bonds is 5. The molecule has 0 unspecified atom stereocenters. The Kier molecular flexibility index (Phi) is 8.14. The summed E-state index contributed by atoms with van der Waals surface area (Å²) in [5.41, 5.74) is 20.7. The number of benzene rings is 10. The van der Waals surface area contributed by atoms with Gasteiger partial charge in [-0.1, -0.05) is 215 Å². The van der Waals surface area contributed by atoms with Crippen molar-refractivity contribution in [3.63, 3.8) is 0 Å². The van der Waals surface area contributed by atoms with Crippen LogP contribution in [-0.2, 0) is 5.41 Å². The smallest absolute Gasteiger partial charge is 0.0623 e. The molecular weight excluding hydrogens is 761 g/mol. The summed E-state index contributed by atoms with van der Waals surface area (Å²) in [6.45, 7) is 9.83. The lowest BCUT2D eigenvalue weighted by Gasteiger charge is -2.23. The summed E-state index contributed by atoms with van der Waals surface area (Å²) < 4.78 is 0. The fourth-order valence-electron chi connectivity index (χ4n) is 11.0. The molecule has 0 aromatic heterocycles. The van der Waals surface area contributed by atoms with Gasteiger partial charge in [0.25, 0.3) is 0 Å². The highest BCUT2D eigenvalue weighted by Crippen LogP contribution is 2.51. The van der Waals surface area contributed by atoms with Crippen LogP contribution in [0.5, 0.6) is 0 Å². The first-order valence-corrected chi connectivity index (χ1v) is 25.0. The third-order valence-corrected chi connectivity index (χ3v) is 17.8. The molecule has 0 saturated heterocycles. The Morgan fingerprint density at radius 2 is 0.742 bits per heavy atom. The Morgan fingerprint density at radius 1 is 0.290 bits per heavy atom. The summed E-state index contributed by atoms with van der Waals surface area (Å²) >= 11 is 0. The van der Waals surface area contributed by atoms with Crippen molar-refractivity contribution in [3.05, 3.63) is 217 Å². The van der Waals surface area contributed by atoms with Crippen LogP contribution < -0.4 is 10.4 Å². The third-order valence-electron chi connectivity index (χ3n) is 14.3. The molecule has 1 aliphatic carbocycles. The van der Waals surface area contributed by atoms with Gasteiger partial charge < -0.3 is 0 Å². The molecule has 0 atom stereocenters. The van der Waals surface area contributed by atoms with Crippen molar-refractivity contribution in [2.24, 2.45) is 0 Å². The molecule has 10 aromatic rings. The topological polar surface area (TPSA) is 0 Å². The fraction of sp³-hybridized carbons (Fsp3) is 0.0820. The summed E-state index contributed by atoms with van der Waals surface area (Å²) in [6, 6.07) is 77.8. The van der Waals surface area contributed by atoms with Gasteiger partial charge in [0.2, 0.25) is 0 Å². The minimum Gasteiger partial charge on any atom is -0.0623 e. The molecule has 0 fully saturated rings. The van der Waals surface area contributed by atoms with Crippen molar-refractivity contribution in [1.82, 2.24) is 0 Å². The van der Waals surface area contributed by atoms with E-state index < -0.39 is 8.07 Å². The molecule has 0 bridgehead atoms. The van der Waals surface area contributed by atoms with Crippen molar-refractivity contribution in [2.75, 3.05) is 0 Å². The molecule has 0 nitrogen and oxygen atoms in total. The lowest BCUT2D eigenvalue weighted by Crippen LogP contribution is -2.49. The Morgan fingerprint density at radius 3 is 1.40 bits per heavy atom. The molecule has 12 rings (SSSR count). The maximum atomic E-state index is 2.61. The zero-order valence-electron chi connectivity index (χ0n) is 35.6. The van der Waals surface area contributed by atoms with Crippen LogP contribution in [0.1, 0.15) is 25.0 Å². The molecule has 1 aliphatic heterocycles. The first-order chi connectivity index (χ1) is 30.3. The van der Waals surface area contributed by atoms with Crippen molar-refractivity contribution < 1.29 is 0 Å². The van der Waals surface area contributed by atoms with E-state index in [1.807, 2.05) is 0 Å². The predicted molar refractivity (Wildman–Crippen MR) is 268 cm³/mol. The predicted octanol–water partition coefficient (Wildman–Crippen LogP) is 15.4. The third kappa shape index (κ3) is 5.51. The maximum Gasteiger partial charge on any atom is 0.113 e. The summed E-state index contributed by atoms with van der Waals surface area (Å²) in [6.07, 6.45) is 0. The Labute approximate surface area is 365 Å². The minimum atomic E-state index is -2.00. The molecule has 1 heterocycles. The SMILES string of the molecule is CC1(C)c2ccccc2-c2ccc(-c3ccc4c(-c5ccc(-c6ccccc6)cc5)c5cc6c(cc5c(-c5ccc(-c7ccccc7)cc5)c4c3)[Si](C)(C)c3ccccc3-6)cc21. The standard InChI is InChI=1S/C61H46Si/c1-61(2)55-21-13-11-19-47(55)48-33-31-46(36-56(48)61)45-32-34-50-52(35-45)60(44-29-25-42(26-30-44)40-17-9-6-10-18-40)54-38-58-51(49-20-12-14-22-57(49)62(58,3)4)37-53(54)59(50)43-27-23-41(24-28-43)39-15-7-5-8-16-39/h5-38H,1-4H3. The molecular formula is C61H46Si. The molecule has 0 amide bonds. The summed E-state index contributed by atoms with van der Waals surface area (Å²) in [5, 5.41) is 8.23. The van der Waals surface area contributed by atoms with Crippen LogP contribution >= 0.6 is 0 Å². The van der Waals surface area contributed by atoms with Gasteiger partial charge in [0.05, 0.1) is 0 Å². The lowest BCUT2D eigenvalue weighted by atomic mass is 9.81. The van der Waals surface area contributed by atoms with Crippen LogP contribution in [0.2, 0.25) is 13.1 Å². The van der Waals surface area contributed by atoms with E-state index >= 15 is 0 Å². The highest BCUT2D eigenvalue weighted by atomic mass is 28.3. The molecule has 0 N–H and O–H groups in total. The molecule has 0 saturated carbocycles. The molecule has 10 aromatic carbocycles. The van der Waals surface area contributed by atoms with E-state index in [0.717, 1.165) is 0 Å². The summed E-state index contributed by atoms with van der Waals surface area (Å²) in [5.74, 6) is 0. The van der Waals surface area contributed by atoms with Gasteiger partial charge in [0.15, 0.2) is 0 Å². The average molecular weight is 807 g/mol. The van der Waals surface area contributed by atoms with Crippen molar-refractivity contribution in [1.29, 1.82) is 0 Å². The molecule has 62 heavy (non-hydrogen) atoms. The second-order valence-electron chi connectivity index (χ2n) is 18.4. The van der Waals surface area contributed by atoms with E-state index in [4.69, 9.17) is 0 Å². The van der Waals surface area contributed by atoms with Gasteiger partial charge >= 0.3 is 0 Å². The van der Waals surface area contributed by atoms with Gasteiger partial charge in [-0.2, -0.15) is 0 Å². The van der Waals surface area contributed by atoms with Gasteiger partial charge in [-0.3, -0.25) is 0 Å². The van der Waals surface area contributed by atoms with Crippen LogP contribution in [0.15, 0.2) is 206 Å². The van der Waals surface area contributed by atoms with Crippen LogP contribution in [0, 0.1) is 0 Å². The molecule has 0 spiro atoms. The molecule has 0 radical (unpaired) electrons. The monoisotopic (exact) mass is 806 g/mol. The first kappa shape index (κ1) is 36.8. The van der Waals surface area contributed by atoms with E-state index in [0.29, 0.717) is 0 Å². The molecule has 294 valence electrons. The largest absolute Gasteiger partial charge is 0.113 e. The fourth-order valence-corrected chi connectivity index (χ4v) is 14.1. The van der Waals surface area contributed by atoms with Crippen LogP contribution in [0.3, 0.4) is 0 Å². The van der Waals surface area contributed by atoms with E-state index in [1.165, 1.54) is 121 Å². The maximum absolute atomic E-state index is 2.61. The van der Waals surface area contributed by atoms with Gasteiger partial charge in [0.1, 0.15) is 8.07 Å². The van der Waals surface area contributed by atoms with E-state index in [1.54, 1.807) is 0 Å². The number of hydrogen-bond acceptors (Lipinski definition) is 0. The second kappa shape index (κ2) is 13.7. The van der Waals surface area contributed by atoms with Crippen molar-refractivity contribution >= 4 is 40.0 Å². The van der Waals surface area contributed by atoms with Gasteiger partial charge in [0, 0.05) is 5.41 Å². The first-order valence-electron chi connectivity index (χ1n) is 22.0. The number of hydrogen-bond donors (Lipinski definition) is 0. The van der Waals surface area contributed by atoms with Gasteiger partial charge in [-0.05, 0) is 139 Å². The summed E-state index contributed by atoms with van der Waals surface area (Å²) in [4.78, 5) is 0. The zero-order valence-corrected chi connectivity index (χ0v) is 36.6. The van der Waals surface area contributed by atoms with Crippen molar-refractivity contribution in [2.45, 2.75) is 32.4 Å². The van der Waals surface area contributed by atoms with Crippen LogP contribution in [-0.4, -0.2) is 8.07 Å². The molecule has 2 aliphatic rings. The Bertz CT molecular complexity index is 3410. The lowest BCUT2D eigenvalue weighted by molar-refractivity contribution is 0.660. The second-order valence-corrected chi connectivity index (χ2v) is 22.8. The van der Waals surface area contributed by atoms with Gasteiger partial charge in [-0.25, -0.2) is 0 Å². The van der Waals surface area contributed by atoms with Crippen LogP contribution in [0.25, 0.3) is 99.4 Å². The highest BCUT2D eigenvalue weighted by molar-refractivity contribution is 7.04.